The van der Waals surface area contributed by atoms with Crippen LogP contribution in [0.3, 0.4) is 0 Å². The smallest absolute Gasteiger partial charge is 0.199 e. The molecule has 0 saturated carbocycles. The molecule has 0 aliphatic heterocycles. The SMILES string of the molecule is Cn1c(-c2ccccc2)nn(Cn2c(=S)sc3ccccc32)c1=S. The first-order valence-electron chi connectivity index (χ1n) is 7.43. The van der Waals surface area contributed by atoms with E-state index in [9.17, 15) is 0 Å². The molecule has 0 spiro atoms. The summed E-state index contributed by atoms with van der Waals surface area (Å²) < 4.78 is 8.51. The molecule has 120 valence electrons. The zero-order chi connectivity index (χ0) is 16.7. The van der Waals surface area contributed by atoms with Crippen molar-refractivity contribution in [3.63, 3.8) is 0 Å². The summed E-state index contributed by atoms with van der Waals surface area (Å²) >= 11 is 12.7. The molecule has 7 heteroatoms. The number of thiazole rings is 1. The standard InChI is InChI=1S/C17H14N4S3/c1-19-15(12-7-3-2-4-8-12)18-21(16(19)22)11-20-13-9-5-6-10-14(13)24-17(20)23/h2-10H,11H2,1H3. The van der Waals surface area contributed by atoms with Crippen LogP contribution in [0.5, 0.6) is 0 Å². The summed E-state index contributed by atoms with van der Waals surface area (Å²) in [6.07, 6.45) is 0. The van der Waals surface area contributed by atoms with Crippen LogP contribution in [0.25, 0.3) is 21.6 Å². The van der Waals surface area contributed by atoms with E-state index in [4.69, 9.17) is 29.5 Å². The Morgan fingerprint density at radius 1 is 1.00 bits per heavy atom. The van der Waals surface area contributed by atoms with Crippen LogP contribution in [0, 0.1) is 8.73 Å². The topological polar surface area (TPSA) is 27.7 Å². The number of hydrogen-bond acceptors (Lipinski definition) is 4. The van der Waals surface area contributed by atoms with Crippen LogP contribution in [0.15, 0.2) is 54.6 Å². The maximum absolute atomic E-state index is 5.57. The third-order valence-corrected chi connectivity index (χ3v) is 5.84. The van der Waals surface area contributed by atoms with Gasteiger partial charge in [0, 0.05) is 12.6 Å². The van der Waals surface area contributed by atoms with Gasteiger partial charge in [0.2, 0.25) is 0 Å². The van der Waals surface area contributed by atoms with Gasteiger partial charge < -0.3 is 9.13 Å². The van der Waals surface area contributed by atoms with Crippen molar-refractivity contribution in [1.29, 1.82) is 0 Å². The van der Waals surface area contributed by atoms with Gasteiger partial charge in [-0.05, 0) is 36.6 Å². The minimum atomic E-state index is 0.516. The molecule has 0 radical (unpaired) electrons. The molecular weight excluding hydrogens is 356 g/mol. The van der Waals surface area contributed by atoms with Gasteiger partial charge in [-0.25, -0.2) is 4.68 Å². The predicted octanol–water partition coefficient (Wildman–Crippen LogP) is 4.87. The van der Waals surface area contributed by atoms with Crippen LogP contribution in [0.4, 0.5) is 0 Å². The highest BCUT2D eigenvalue weighted by Crippen LogP contribution is 2.23. The van der Waals surface area contributed by atoms with Crippen LogP contribution in [0.2, 0.25) is 0 Å². The van der Waals surface area contributed by atoms with Gasteiger partial charge in [0.15, 0.2) is 14.5 Å². The molecule has 0 fully saturated rings. The molecule has 2 aromatic heterocycles. The Morgan fingerprint density at radius 2 is 1.71 bits per heavy atom. The van der Waals surface area contributed by atoms with E-state index in [1.807, 2.05) is 58.8 Å². The monoisotopic (exact) mass is 370 g/mol. The van der Waals surface area contributed by atoms with E-state index in [-0.39, 0.29) is 0 Å². The lowest BCUT2D eigenvalue weighted by Gasteiger charge is -2.04. The first-order valence-corrected chi connectivity index (χ1v) is 9.06. The average Bonchev–Trinajstić information content (AvgIpc) is 3.07. The summed E-state index contributed by atoms with van der Waals surface area (Å²) in [6.45, 7) is 0.516. The Morgan fingerprint density at radius 3 is 2.50 bits per heavy atom. The van der Waals surface area contributed by atoms with Gasteiger partial charge in [0.25, 0.3) is 0 Å². The molecule has 0 aliphatic rings. The number of rotatable bonds is 3. The Hall–Kier alpha value is -2.09. The van der Waals surface area contributed by atoms with Crippen molar-refractivity contribution in [3.8, 4) is 11.4 Å². The van der Waals surface area contributed by atoms with Crippen LogP contribution < -0.4 is 0 Å². The summed E-state index contributed by atoms with van der Waals surface area (Å²) in [5.41, 5.74) is 2.16. The second-order valence-corrected chi connectivity index (χ2v) is 7.48. The van der Waals surface area contributed by atoms with Crippen molar-refractivity contribution in [2.24, 2.45) is 7.05 Å². The minimum Gasteiger partial charge on any atom is -0.303 e. The van der Waals surface area contributed by atoms with Gasteiger partial charge in [-0.1, -0.05) is 42.5 Å². The van der Waals surface area contributed by atoms with E-state index in [0.717, 1.165) is 20.9 Å². The molecule has 0 saturated heterocycles. The molecule has 4 rings (SSSR count). The van der Waals surface area contributed by atoms with Crippen LogP contribution in [0.1, 0.15) is 0 Å². The first-order chi connectivity index (χ1) is 11.6. The fourth-order valence-corrected chi connectivity index (χ4v) is 4.19. The second-order valence-electron chi connectivity index (χ2n) is 5.44. The van der Waals surface area contributed by atoms with E-state index in [0.29, 0.717) is 11.4 Å². The van der Waals surface area contributed by atoms with E-state index in [1.54, 1.807) is 11.3 Å². The van der Waals surface area contributed by atoms with Crippen molar-refractivity contribution in [1.82, 2.24) is 18.9 Å². The van der Waals surface area contributed by atoms with Gasteiger partial charge in [0.1, 0.15) is 6.67 Å². The van der Waals surface area contributed by atoms with E-state index in [2.05, 4.69) is 16.7 Å². The molecule has 0 unspecified atom stereocenters. The summed E-state index contributed by atoms with van der Waals surface area (Å²) in [7, 11) is 1.94. The molecule has 4 aromatic rings. The molecule has 2 heterocycles. The van der Waals surface area contributed by atoms with Crippen molar-refractivity contribution < 1.29 is 0 Å². The highest BCUT2D eigenvalue weighted by Gasteiger charge is 2.11. The predicted molar refractivity (Wildman–Crippen MR) is 104 cm³/mol. The lowest BCUT2D eigenvalue weighted by Crippen LogP contribution is -2.09. The number of hydrogen-bond donors (Lipinski definition) is 0. The molecule has 24 heavy (non-hydrogen) atoms. The van der Waals surface area contributed by atoms with Gasteiger partial charge in [-0.15, -0.1) is 16.4 Å². The van der Waals surface area contributed by atoms with Crippen molar-refractivity contribution in [2.45, 2.75) is 6.67 Å². The molecular formula is C17H14N4S3. The Kier molecular flexibility index (Phi) is 3.91. The minimum absolute atomic E-state index is 0.516. The Labute approximate surface area is 153 Å². The Balaban J connectivity index is 1.82. The fraction of sp³-hybridized carbons (Fsp3) is 0.118. The molecule has 2 aromatic carbocycles. The summed E-state index contributed by atoms with van der Waals surface area (Å²) in [5, 5.41) is 4.72. The van der Waals surface area contributed by atoms with Crippen LogP contribution >= 0.6 is 35.8 Å². The molecule has 4 nitrogen and oxygen atoms in total. The molecule has 0 atom stereocenters. The van der Waals surface area contributed by atoms with Gasteiger partial charge in [-0.3, -0.25) is 0 Å². The van der Waals surface area contributed by atoms with Gasteiger partial charge in [-0.2, -0.15) is 0 Å². The summed E-state index contributed by atoms with van der Waals surface area (Å²) in [4.78, 5) is 0. The Bertz CT molecular complexity index is 1130. The zero-order valence-corrected chi connectivity index (χ0v) is 15.4. The summed E-state index contributed by atoms with van der Waals surface area (Å²) in [6, 6.07) is 18.3. The molecule has 0 amide bonds. The largest absolute Gasteiger partial charge is 0.303 e. The van der Waals surface area contributed by atoms with Crippen LogP contribution in [-0.4, -0.2) is 18.9 Å². The molecule has 0 N–H and O–H groups in total. The van der Waals surface area contributed by atoms with Crippen LogP contribution in [-0.2, 0) is 13.7 Å². The lowest BCUT2D eigenvalue weighted by atomic mass is 10.2. The summed E-state index contributed by atoms with van der Waals surface area (Å²) in [5.74, 6) is 0.853. The molecule has 0 aliphatic carbocycles. The van der Waals surface area contributed by atoms with Gasteiger partial charge in [0.05, 0.1) is 10.2 Å². The number of benzene rings is 2. The first kappa shape index (κ1) is 15.4. The van der Waals surface area contributed by atoms with E-state index >= 15 is 0 Å². The average molecular weight is 371 g/mol. The fourth-order valence-electron chi connectivity index (χ4n) is 2.70. The van der Waals surface area contributed by atoms with Crippen molar-refractivity contribution >= 4 is 46.0 Å². The number of fused-ring (bicyclic) bond motifs is 1. The van der Waals surface area contributed by atoms with E-state index in [1.165, 1.54) is 4.70 Å². The highest BCUT2D eigenvalue weighted by molar-refractivity contribution is 7.73. The maximum atomic E-state index is 5.57. The third kappa shape index (κ3) is 2.54. The van der Waals surface area contributed by atoms with Gasteiger partial charge >= 0.3 is 0 Å². The second kappa shape index (κ2) is 6.08. The highest BCUT2D eigenvalue weighted by atomic mass is 32.1. The number of nitrogens with zero attached hydrogens (tertiary/aromatic N) is 4. The van der Waals surface area contributed by atoms with Crippen molar-refractivity contribution in [3.05, 3.63) is 63.3 Å². The maximum Gasteiger partial charge on any atom is 0.199 e. The number of aromatic nitrogens is 4. The zero-order valence-electron chi connectivity index (χ0n) is 12.9. The van der Waals surface area contributed by atoms with E-state index < -0.39 is 0 Å². The van der Waals surface area contributed by atoms with Crippen molar-refractivity contribution in [2.75, 3.05) is 0 Å². The quantitative estimate of drug-likeness (QED) is 0.482. The molecule has 0 bridgehead atoms. The third-order valence-electron chi connectivity index (χ3n) is 3.92. The number of para-hydroxylation sites is 1. The lowest BCUT2D eigenvalue weighted by molar-refractivity contribution is 0.549. The normalized spacial score (nSPS) is 11.2.